The van der Waals surface area contributed by atoms with Gasteiger partial charge in [-0.2, -0.15) is 4.73 Å². The van der Waals surface area contributed by atoms with E-state index in [0.29, 0.717) is 0 Å². The average Bonchev–Trinajstić information content (AvgIpc) is 2.95. The first-order valence-corrected chi connectivity index (χ1v) is 5.75. The fraction of sp³-hybridized carbons (Fsp3) is 0.0909. The summed E-state index contributed by atoms with van der Waals surface area (Å²) in [6, 6.07) is 7.85. The Morgan fingerprint density at radius 1 is 1.31 bits per heavy atom. The Bertz CT molecular complexity index is 615. The lowest BCUT2D eigenvalue weighted by atomic mass is 10.3. The Hall–Kier alpha value is -1.88. The maximum absolute atomic E-state index is 5.34. The lowest BCUT2D eigenvalue weighted by Gasteiger charge is -2.03. The number of hydrogen-bond acceptors (Lipinski definition) is 4. The molecule has 0 atom stereocenters. The lowest BCUT2D eigenvalue weighted by Crippen LogP contribution is -2.07. The number of nitrogens with zero attached hydrogens (tertiary/aromatic N) is 3. The minimum atomic E-state index is 0.741. The van der Waals surface area contributed by atoms with E-state index in [1.165, 1.54) is 0 Å². The molecule has 0 aliphatic rings. The van der Waals surface area contributed by atoms with Crippen LogP contribution in [0.2, 0.25) is 0 Å². The Balaban J connectivity index is 2.32. The third-order valence-corrected chi connectivity index (χ3v) is 2.95. The van der Waals surface area contributed by atoms with Gasteiger partial charge in [0.25, 0.3) is 0 Å². The van der Waals surface area contributed by atoms with Gasteiger partial charge in [0.1, 0.15) is 18.3 Å². The lowest BCUT2D eigenvalue weighted by molar-refractivity contribution is 0.181. The van der Waals surface area contributed by atoms with Gasteiger partial charge in [0.05, 0.1) is 11.0 Å². The normalized spacial score (nSPS) is 10.8. The highest BCUT2D eigenvalue weighted by Gasteiger charge is 2.13. The summed E-state index contributed by atoms with van der Waals surface area (Å²) in [7, 11) is 1.63. The predicted molar refractivity (Wildman–Crippen MR) is 63.3 cm³/mol. The molecule has 2 aromatic heterocycles. The van der Waals surface area contributed by atoms with Crippen LogP contribution in [-0.4, -0.2) is 21.8 Å². The molecule has 0 fully saturated rings. The highest BCUT2D eigenvalue weighted by molar-refractivity contribution is 7.07. The molecule has 0 saturated heterocycles. The first-order chi connectivity index (χ1) is 7.90. The number of thiazole rings is 1. The molecule has 1 aromatic carbocycles. The topological polar surface area (TPSA) is 39.9 Å². The van der Waals surface area contributed by atoms with Crippen molar-refractivity contribution >= 4 is 22.4 Å². The van der Waals surface area contributed by atoms with Crippen LogP contribution >= 0.6 is 11.3 Å². The summed E-state index contributed by atoms with van der Waals surface area (Å²) in [5.74, 6) is 0.741. The smallest absolute Gasteiger partial charge is 0.196 e. The zero-order chi connectivity index (χ0) is 11.0. The number of rotatable bonds is 2. The minimum absolute atomic E-state index is 0.741. The number of aromatic nitrogens is 3. The first kappa shape index (κ1) is 9.35. The van der Waals surface area contributed by atoms with Crippen LogP contribution in [0.4, 0.5) is 0 Å². The first-order valence-electron chi connectivity index (χ1n) is 4.80. The third kappa shape index (κ3) is 1.29. The van der Waals surface area contributed by atoms with Gasteiger partial charge in [0, 0.05) is 5.38 Å². The van der Waals surface area contributed by atoms with Crippen LogP contribution in [0, 0.1) is 0 Å². The van der Waals surface area contributed by atoms with Crippen LogP contribution in [0.5, 0.6) is 0 Å². The summed E-state index contributed by atoms with van der Waals surface area (Å²) in [4.78, 5) is 14.1. The van der Waals surface area contributed by atoms with Crippen molar-refractivity contribution in [2.45, 2.75) is 0 Å². The van der Waals surface area contributed by atoms with Crippen molar-refractivity contribution in [3.63, 3.8) is 0 Å². The molecule has 0 saturated carbocycles. The van der Waals surface area contributed by atoms with E-state index in [1.807, 2.05) is 29.6 Å². The minimum Gasteiger partial charge on any atom is -0.415 e. The van der Waals surface area contributed by atoms with E-state index < -0.39 is 0 Å². The Morgan fingerprint density at radius 3 is 2.94 bits per heavy atom. The summed E-state index contributed by atoms with van der Waals surface area (Å²) in [6.45, 7) is 0. The largest absolute Gasteiger partial charge is 0.415 e. The van der Waals surface area contributed by atoms with Crippen LogP contribution in [0.15, 0.2) is 35.2 Å². The predicted octanol–water partition coefficient (Wildman–Crippen LogP) is 2.22. The molecule has 0 bridgehead atoms. The second kappa shape index (κ2) is 3.61. The van der Waals surface area contributed by atoms with E-state index in [4.69, 9.17) is 4.84 Å². The number of para-hydroxylation sites is 2. The number of fused-ring (bicyclic) bond motifs is 1. The van der Waals surface area contributed by atoms with E-state index in [2.05, 4.69) is 9.97 Å². The van der Waals surface area contributed by atoms with Crippen molar-refractivity contribution in [2.75, 3.05) is 7.11 Å². The van der Waals surface area contributed by atoms with Gasteiger partial charge in [-0.25, -0.2) is 9.97 Å². The quantitative estimate of drug-likeness (QED) is 0.679. The fourth-order valence-electron chi connectivity index (χ4n) is 1.67. The van der Waals surface area contributed by atoms with Crippen molar-refractivity contribution in [1.29, 1.82) is 0 Å². The average molecular weight is 231 g/mol. The molecule has 5 heteroatoms. The van der Waals surface area contributed by atoms with Gasteiger partial charge in [0.15, 0.2) is 5.82 Å². The summed E-state index contributed by atoms with van der Waals surface area (Å²) in [5.41, 5.74) is 4.48. The van der Waals surface area contributed by atoms with Crippen molar-refractivity contribution < 1.29 is 4.84 Å². The summed E-state index contributed by atoms with van der Waals surface area (Å²) in [5, 5.41) is 1.96. The van der Waals surface area contributed by atoms with Crippen LogP contribution in [0.25, 0.3) is 22.6 Å². The van der Waals surface area contributed by atoms with Gasteiger partial charge < -0.3 is 4.84 Å². The third-order valence-electron chi connectivity index (χ3n) is 2.36. The molecule has 4 nitrogen and oxygen atoms in total. The molecule has 3 aromatic rings. The zero-order valence-corrected chi connectivity index (χ0v) is 9.44. The van der Waals surface area contributed by atoms with Gasteiger partial charge in [-0.05, 0) is 12.1 Å². The van der Waals surface area contributed by atoms with E-state index in [9.17, 15) is 0 Å². The fourth-order valence-corrected chi connectivity index (χ4v) is 2.20. The molecule has 0 spiro atoms. The van der Waals surface area contributed by atoms with Gasteiger partial charge in [-0.15, -0.1) is 11.3 Å². The highest BCUT2D eigenvalue weighted by Crippen LogP contribution is 2.23. The van der Waals surface area contributed by atoms with E-state index in [-0.39, 0.29) is 0 Å². The van der Waals surface area contributed by atoms with Gasteiger partial charge >= 0.3 is 0 Å². The van der Waals surface area contributed by atoms with Crippen molar-refractivity contribution in [2.24, 2.45) is 0 Å². The molecule has 2 heterocycles. The molecule has 16 heavy (non-hydrogen) atoms. The Kier molecular flexibility index (Phi) is 2.11. The monoisotopic (exact) mass is 231 g/mol. The second-order valence-corrected chi connectivity index (χ2v) is 3.99. The van der Waals surface area contributed by atoms with E-state index in [0.717, 1.165) is 22.6 Å². The molecule has 0 aliphatic heterocycles. The Morgan fingerprint density at radius 2 is 2.19 bits per heavy atom. The van der Waals surface area contributed by atoms with Crippen LogP contribution in [0.1, 0.15) is 0 Å². The van der Waals surface area contributed by atoms with Crippen molar-refractivity contribution in [1.82, 2.24) is 14.7 Å². The summed E-state index contributed by atoms with van der Waals surface area (Å²) < 4.78 is 1.70. The molecular formula is C11H9N3OS. The SMILES string of the molecule is COn1c(-c2cscn2)nc2ccccc21. The molecule has 0 radical (unpaired) electrons. The van der Waals surface area contributed by atoms with Crippen molar-refractivity contribution in [3.05, 3.63) is 35.2 Å². The maximum atomic E-state index is 5.34. The molecule has 0 unspecified atom stereocenters. The van der Waals surface area contributed by atoms with Gasteiger partial charge in [0.2, 0.25) is 0 Å². The van der Waals surface area contributed by atoms with Crippen LogP contribution in [0.3, 0.4) is 0 Å². The van der Waals surface area contributed by atoms with Crippen molar-refractivity contribution in [3.8, 4) is 11.5 Å². The van der Waals surface area contributed by atoms with E-state index >= 15 is 0 Å². The highest BCUT2D eigenvalue weighted by atomic mass is 32.1. The van der Waals surface area contributed by atoms with Gasteiger partial charge in [-0.1, -0.05) is 12.1 Å². The van der Waals surface area contributed by atoms with Crippen LogP contribution < -0.4 is 4.84 Å². The zero-order valence-electron chi connectivity index (χ0n) is 8.62. The summed E-state index contributed by atoms with van der Waals surface area (Å²) in [6.07, 6.45) is 0. The number of benzene rings is 1. The Labute approximate surface area is 96.1 Å². The number of imidazole rings is 1. The standard InChI is InChI=1S/C11H9N3OS/c1-15-14-10-5-3-2-4-8(10)13-11(14)9-6-16-7-12-9/h2-7H,1H3. The number of hydrogen-bond donors (Lipinski definition) is 0. The maximum Gasteiger partial charge on any atom is 0.196 e. The molecule has 80 valence electrons. The molecule has 0 aliphatic carbocycles. The van der Waals surface area contributed by atoms with E-state index in [1.54, 1.807) is 28.7 Å². The second-order valence-electron chi connectivity index (χ2n) is 3.27. The molecule has 3 rings (SSSR count). The van der Waals surface area contributed by atoms with Gasteiger partial charge in [-0.3, -0.25) is 0 Å². The van der Waals surface area contributed by atoms with Crippen LogP contribution in [-0.2, 0) is 0 Å². The summed E-state index contributed by atoms with van der Waals surface area (Å²) >= 11 is 1.54. The molecule has 0 amide bonds. The molecular weight excluding hydrogens is 222 g/mol. The molecule has 0 N–H and O–H groups in total.